The molecule has 0 aliphatic heterocycles. The molecule has 0 fully saturated rings. The highest BCUT2D eigenvalue weighted by Crippen LogP contribution is 2.11. The topological polar surface area (TPSA) is 116 Å². The van der Waals surface area contributed by atoms with Gasteiger partial charge in [-0.25, -0.2) is 13.2 Å². The van der Waals surface area contributed by atoms with Crippen LogP contribution in [0.1, 0.15) is 12.5 Å². The van der Waals surface area contributed by atoms with E-state index in [0.717, 1.165) is 7.11 Å². The number of carbonyl (C=O) groups is 2. The SMILES string of the molecule is COC(=O)C(CS(=O)(=O)Cc1ccc(N)cc1)NC(C)=O. The molecule has 8 heteroatoms. The number of anilines is 1. The number of nitrogens with two attached hydrogens (primary N) is 1. The van der Waals surface area contributed by atoms with E-state index in [4.69, 9.17) is 5.73 Å². The summed E-state index contributed by atoms with van der Waals surface area (Å²) in [4.78, 5) is 22.5. The number of esters is 1. The molecular weight excluding hydrogens is 296 g/mol. The number of hydrogen-bond acceptors (Lipinski definition) is 6. The minimum Gasteiger partial charge on any atom is -0.467 e. The number of rotatable bonds is 6. The molecule has 0 heterocycles. The van der Waals surface area contributed by atoms with Crippen LogP contribution in [0.4, 0.5) is 5.69 Å². The summed E-state index contributed by atoms with van der Waals surface area (Å²) in [7, 11) is -2.48. The van der Waals surface area contributed by atoms with Crippen molar-refractivity contribution in [3.05, 3.63) is 29.8 Å². The summed E-state index contributed by atoms with van der Waals surface area (Å²) >= 11 is 0. The van der Waals surface area contributed by atoms with Gasteiger partial charge >= 0.3 is 5.97 Å². The standard InChI is InChI=1S/C13H18N2O5S/c1-9(16)15-12(13(17)20-2)8-21(18,19)7-10-3-5-11(14)6-4-10/h3-6,12H,7-8,14H2,1-2H3,(H,15,16). The first-order valence-electron chi connectivity index (χ1n) is 6.13. The van der Waals surface area contributed by atoms with Crippen LogP contribution in [0.15, 0.2) is 24.3 Å². The predicted molar refractivity (Wildman–Crippen MR) is 78.0 cm³/mol. The van der Waals surface area contributed by atoms with E-state index in [9.17, 15) is 18.0 Å². The van der Waals surface area contributed by atoms with Crippen molar-refractivity contribution in [3.8, 4) is 0 Å². The molecule has 0 radical (unpaired) electrons. The van der Waals surface area contributed by atoms with Gasteiger partial charge in [0.2, 0.25) is 5.91 Å². The first-order chi connectivity index (χ1) is 9.73. The highest BCUT2D eigenvalue weighted by Gasteiger charge is 2.27. The zero-order valence-corrected chi connectivity index (χ0v) is 12.6. The molecule has 1 rings (SSSR count). The number of sulfone groups is 1. The maximum atomic E-state index is 12.1. The van der Waals surface area contributed by atoms with Gasteiger partial charge in [0.25, 0.3) is 0 Å². The van der Waals surface area contributed by atoms with Gasteiger partial charge in [-0.15, -0.1) is 0 Å². The van der Waals surface area contributed by atoms with E-state index in [0.29, 0.717) is 11.3 Å². The Morgan fingerprint density at radius 2 is 1.86 bits per heavy atom. The summed E-state index contributed by atoms with van der Waals surface area (Å²) in [5, 5.41) is 2.27. The second kappa shape index (κ2) is 7.07. The van der Waals surface area contributed by atoms with Crippen LogP contribution in [0.5, 0.6) is 0 Å². The summed E-state index contributed by atoms with van der Waals surface area (Å²) in [6.07, 6.45) is 0. The molecule has 0 aliphatic carbocycles. The van der Waals surface area contributed by atoms with Gasteiger partial charge < -0.3 is 15.8 Å². The van der Waals surface area contributed by atoms with Crippen LogP contribution >= 0.6 is 0 Å². The van der Waals surface area contributed by atoms with Gasteiger partial charge in [-0.05, 0) is 17.7 Å². The van der Waals surface area contributed by atoms with Crippen LogP contribution in [0.25, 0.3) is 0 Å². The molecule has 21 heavy (non-hydrogen) atoms. The fourth-order valence-corrected chi connectivity index (χ4v) is 3.28. The zero-order valence-electron chi connectivity index (χ0n) is 11.8. The summed E-state index contributed by atoms with van der Waals surface area (Å²) in [6.45, 7) is 1.20. The van der Waals surface area contributed by atoms with Crippen LogP contribution in [0.3, 0.4) is 0 Å². The van der Waals surface area contributed by atoms with Gasteiger partial charge in [0.05, 0.1) is 18.6 Å². The van der Waals surface area contributed by atoms with Crippen LogP contribution in [-0.4, -0.2) is 39.2 Å². The lowest BCUT2D eigenvalue weighted by Crippen LogP contribution is -2.45. The van der Waals surface area contributed by atoms with Crippen LogP contribution in [0.2, 0.25) is 0 Å². The largest absolute Gasteiger partial charge is 0.467 e. The van der Waals surface area contributed by atoms with Crippen LogP contribution < -0.4 is 11.1 Å². The molecule has 7 nitrogen and oxygen atoms in total. The maximum Gasteiger partial charge on any atom is 0.329 e. The zero-order chi connectivity index (χ0) is 16.0. The molecule has 1 atom stereocenters. The molecule has 3 N–H and O–H groups in total. The Morgan fingerprint density at radius 3 is 2.33 bits per heavy atom. The third kappa shape index (κ3) is 5.82. The lowest BCUT2D eigenvalue weighted by atomic mass is 10.2. The highest BCUT2D eigenvalue weighted by atomic mass is 32.2. The van der Waals surface area contributed by atoms with Crippen molar-refractivity contribution >= 4 is 27.4 Å². The first-order valence-corrected chi connectivity index (χ1v) is 7.95. The number of hydrogen-bond donors (Lipinski definition) is 2. The second-order valence-corrected chi connectivity index (χ2v) is 6.68. The van der Waals surface area contributed by atoms with Gasteiger partial charge in [0, 0.05) is 12.6 Å². The van der Waals surface area contributed by atoms with Crippen molar-refractivity contribution in [2.75, 3.05) is 18.6 Å². The average molecular weight is 314 g/mol. The molecule has 0 saturated carbocycles. The first kappa shape index (κ1) is 17.0. The van der Waals surface area contributed by atoms with Crippen molar-refractivity contribution in [3.63, 3.8) is 0 Å². The molecule has 1 aromatic rings. The quantitative estimate of drug-likeness (QED) is 0.558. The maximum absolute atomic E-state index is 12.1. The van der Waals surface area contributed by atoms with Gasteiger partial charge in [-0.1, -0.05) is 12.1 Å². The minimum atomic E-state index is -3.60. The summed E-state index contributed by atoms with van der Waals surface area (Å²) < 4.78 is 28.7. The summed E-state index contributed by atoms with van der Waals surface area (Å²) in [6, 6.07) is 5.16. The van der Waals surface area contributed by atoms with Crippen LogP contribution in [-0.2, 0) is 29.9 Å². The van der Waals surface area contributed by atoms with Crippen molar-refractivity contribution in [1.29, 1.82) is 0 Å². The van der Waals surface area contributed by atoms with Crippen LogP contribution in [0, 0.1) is 0 Å². The number of nitrogens with one attached hydrogen (secondary N) is 1. The second-order valence-electron chi connectivity index (χ2n) is 4.57. The van der Waals surface area contributed by atoms with Crippen molar-refractivity contribution in [2.24, 2.45) is 0 Å². The number of benzene rings is 1. The molecule has 1 amide bonds. The normalized spacial score (nSPS) is 12.5. The fraction of sp³-hybridized carbons (Fsp3) is 0.385. The van der Waals surface area contributed by atoms with Gasteiger partial charge in [-0.3, -0.25) is 4.79 Å². The predicted octanol–water partition coefficient (Wildman–Crippen LogP) is -0.139. The van der Waals surface area contributed by atoms with E-state index in [1.165, 1.54) is 6.92 Å². The number of carbonyl (C=O) groups excluding carboxylic acids is 2. The van der Waals surface area contributed by atoms with E-state index in [2.05, 4.69) is 10.1 Å². The molecule has 0 saturated heterocycles. The van der Waals surface area contributed by atoms with E-state index >= 15 is 0 Å². The Labute approximate surface area is 123 Å². The summed E-state index contributed by atoms with van der Waals surface area (Å²) in [5.41, 5.74) is 6.61. The van der Waals surface area contributed by atoms with Crippen molar-refractivity contribution < 1.29 is 22.7 Å². The lowest BCUT2D eigenvalue weighted by molar-refractivity contribution is -0.144. The molecule has 116 valence electrons. The third-order valence-electron chi connectivity index (χ3n) is 2.65. The molecule has 1 unspecified atom stereocenters. The summed E-state index contributed by atoms with van der Waals surface area (Å²) in [5.74, 6) is -2.08. The Bertz CT molecular complexity index is 610. The minimum absolute atomic E-state index is 0.250. The lowest BCUT2D eigenvalue weighted by Gasteiger charge is -2.15. The van der Waals surface area contributed by atoms with E-state index in [1.807, 2.05) is 0 Å². The van der Waals surface area contributed by atoms with E-state index in [1.54, 1.807) is 24.3 Å². The number of methoxy groups -OCH3 is 1. The highest BCUT2D eigenvalue weighted by molar-refractivity contribution is 7.90. The molecule has 0 aromatic heterocycles. The molecular formula is C13H18N2O5S. The molecule has 0 spiro atoms. The molecule has 1 aromatic carbocycles. The van der Waals surface area contributed by atoms with Crippen molar-refractivity contribution in [1.82, 2.24) is 5.32 Å². The Hall–Kier alpha value is -2.09. The third-order valence-corrected chi connectivity index (χ3v) is 4.26. The molecule has 0 bridgehead atoms. The Balaban J connectivity index is 2.82. The van der Waals surface area contributed by atoms with Crippen molar-refractivity contribution in [2.45, 2.75) is 18.7 Å². The smallest absolute Gasteiger partial charge is 0.329 e. The van der Waals surface area contributed by atoms with Gasteiger partial charge in [-0.2, -0.15) is 0 Å². The number of amides is 1. The van der Waals surface area contributed by atoms with Gasteiger partial charge in [0.15, 0.2) is 9.84 Å². The number of ether oxygens (including phenoxy) is 1. The van der Waals surface area contributed by atoms with E-state index in [-0.39, 0.29) is 5.75 Å². The van der Waals surface area contributed by atoms with E-state index < -0.39 is 33.5 Å². The Morgan fingerprint density at radius 1 is 1.29 bits per heavy atom. The Kier molecular flexibility index (Phi) is 5.71. The molecule has 0 aliphatic rings. The van der Waals surface area contributed by atoms with Gasteiger partial charge in [0.1, 0.15) is 6.04 Å². The monoisotopic (exact) mass is 314 g/mol. The average Bonchev–Trinajstić information content (AvgIpc) is 2.38. The fourth-order valence-electron chi connectivity index (χ4n) is 1.74. The number of nitrogen functional groups attached to an aromatic ring is 1.